The Bertz CT molecular complexity index is 361. The van der Waals surface area contributed by atoms with Crippen molar-refractivity contribution >= 4 is 17.8 Å². The van der Waals surface area contributed by atoms with Crippen molar-refractivity contribution in [1.29, 1.82) is 0 Å². The number of primary amides is 1. The number of aliphatic carboxylic acids is 1. The first-order valence-electron chi connectivity index (χ1n) is 6.17. The van der Waals surface area contributed by atoms with E-state index in [2.05, 4.69) is 0 Å². The molecule has 0 radical (unpaired) electrons. The molecular weight excluding hydrogens is 252 g/mol. The van der Waals surface area contributed by atoms with Crippen LogP contribution in [-0.4, -0.2) is 71.5 Å². The molecule has 8 heteroatoms. The molecule has 1 fully saturated rings. The minimum atomic E-state index is -1.09. The van der Waals surface area contributed by atoms with Gasteiger partial charge in [-0.15, -0.1) is 0 Å². The number of hydrogen-bond donors (Lipinski definition) is 3. The van der Waals surface area contributed by atoms with E-state index >= 15 is 0 Å². The van der Waals surface area contributed by atoms with Crippen LogP contribution in [0.2, 0.25) is 0 Å². The molecule has 1 atom stereocenters. The molecule has 0 aromatic heterocycles. The van der Waals surface area contributed by atoms with Crippen LogP contribution in [0.15, 0.2) is 0 Å². The van der Waals surface area contributed by atoms with Gasteiger partial charge in [-0.3, -0.25) is 19.3 Å². The van der Waals surface area contributed by atoms with E-state index in [1.54, 1.807) is 4.90 Å². The van der Waals surface area contributed by atoms with Gasteiger partial charge in [0.25, 0.3) is 0 Å². The number of nitrogens with two attached hydrogens (primary N) is 2. The zero-order chi connectivity index (χ0) is 14.4. The van der Waals surface area contributed by atoms with Crippen LogP contribution < -0.4 is 11.5 Å². The molecule has 2 amide bonds. The first-order valence-corrected chi connectivity index (χ1v) is 6.17. The van der Waals surface area contributed by atoms with Gasteiger partial charge in [-0.2, -0.15) is 0 Å². The molecule has 1 aliphatic heterocycles. The highest BCUT2D eigenvalue weighted by Crippen LogP contribution is 2.05. The van der Waals surface area contributed by atoms with Crippen LogP contribution in [0.4, 0.5) is 0 Å². The average molecular weight is 272 g/mol. The molecule has 0 aromatic carbocycles. The van der Waals surface area contributed by atoms with Gasteiger partial charge in [-0.25, -0.2) is 0 Å². The summed E-state index contributed by atoms with van der Waals surface area (Å²) in [6, 6.07) is -1.01. The van der Waals surface area contributed by atoms with Crippen LogP contribution >= 0.6 is 0 Å². The summed E-state index contributed by atoms with van der Waals surface area (Å²) in [6.07, 6.45) is 0.332. The second kappa shape index (κ2) is 7.05. The summed E-state index contributed by atoms with van der Waals surface area (Å²) in [5.74, 6) is -1.85. The Morgan fingerprint density at radius 1 is 1.16 bits per heavy atom. The Morgan fingerprint density at radius 3 is 2.42 bits per heavy atom. The minimum Gasteiger partial charge on any atom is -0.481 e. The molecule has 0 aromatic rings. The Morgan fingerprint density at radius 2 is 1.84 bits per heavy atom. The molecule has 1 unspecified atom stereocenters. The molecule has 1 aliphatic rings. The number of carboxylic acid groups (broad SMARTS) is 1. The van der Waals surface area contributed by atoms with E-state index in [0.29, 0.717) is 32.6 Å². The third-order valence-electron chi connectivity index (χ3n) is 2.99. The lowest BCUT2D eigenvalue weighted by Crippen LogP contribution is -2.46. The van der Waals surface area contributed by atoms with E-state index in [-0.39, 0.29) is 18.9 Å². The topological polar surface area (TPSA) is 130 Å². The third-order valence-corrected chi connectivity index (χ3v) is 2.99. The first-order chi connectivity index (χ1) is 8.90. The maximum Gasteiger partial charge on any atom is 0.305 e. The molecule has 8 nitrogen and oxygen atoms in total. The summed E-state index contributed by atoms with van der Waals surface area (Å²) in [5.41, 5.74) is 10.7. The second-order valence-corrected chi connectivity index (χ2v) is 4.63. The fraction of sp³-hybridized carbons (Fsp3) is 0.727. The van der Waals surface area contributed by atoms with E-state index in [0.717, 1.165) is 0 Å². The van der Waals surface area contributed by atoms with Crippen molar-refractivity contribution in [1.82, 2.24) is 9.80 Å². The van der Waals surface area contributed by atoms with Gasteiger partial charge in [0.15, 0.2) is 0 Å². The van der Waals surface area contributed by atoms with Crippen molar-refractivity contribution in [2.75, 3.05) is 32.7 Å². The van der Waals surface area contributed by atoms with Crippen LogP contribution in [0.1, 0.15) is 12.8 Å². The van der Waals surface area contributed by atoms with Gasteiger partial charge in [0.1, 0.15) is 0 Å². The number of carbonyl (C=O) groups is 3. The van der Waals surface area contributed by atoms with Crippen LogP contribution in [0, 0.1) is 0 Å². The van der Waals surface area contributed by atoms with Gasteiger partial charge in [0.2, 0.25) is 11.8 Å². The monoisotopic (exact) mass is 272 g/mol. The maximum absolute atomic E-state index is 11.9. The SMILES string of the molecule is NC(=O)CN1CCCN(C(=O)C(N)CC(=O)O)CC1. The number of amides is 2. The number of carboxylic acids is 1. The predicted octanol–water partition coefficient (Wildman–Crippen LogP) is -2.19. The maximum atomic E-state index is 11.9. The van der Waals surface area contributed by atoms with Crippen molar-refractivity contribution in [3.8, 4) is 0 Å². The lowest BCUT2D eigenvalue weighted by Gasteiger charge is -2.23. The first kappa shape index (κ1) is 15.4. The zero-order valence-corrected chi connectivity index (χ0v) is 10.7. The zero-order valence-electron chi connectivity index (χ0n) is 10.7. The molecule has 1 heterocycles. The Hall–Kier alpha value is -1.67. The molecule has 1 rings (SSSR count). The summed E-state index contributed by atoms with van der Waals surface area (Å²) in [6.45, 7) is 2.33. The predicted molar refractivity (Wildman–Crippen MR) is 67.1 cm³/mol. The smallest absolute Gasteiger partial charge is 0.305 e. The molecular formula is C11H20N4O4. The Kier molecular flexibility index (Phi) is 5.71. The van der Waals surface area contributed by atoms with Crippen molar-refractivity contribution in [2.24, 2.45) is 11.5 Å². The van der Waals surface area contributed by atoms with E-state index in [1.165, 1.54) is 0 Å². The van der Waals surface area contributed by atoms with E-state index < -0.39 is 17.9 Å². The summed E-state index contributed by atoms with van der Waals surface area (Å²) >= 11 is 0. The van der Waals surface area contributed by atoms with Crippen molar-refractivity contribution < 1.29 is 19.5 Å². The van der Waals surface area contributed by atoms with E-state index in [4.69, 9.17) is 16.6 Å². The summed E-state index contributed by atoms with van der Waals surface area (Å²) in [4.78, 5) is 36.7. The number of nitrogens with zero attached hydrogens (tertiary/aromatic N) is 2. The standard InChI is InChI=1S/C11H20N4O4/c12-8(6-10(17)18)11(19)15-3-1-2-14(4-5-15)7-9(13)16/h8H,1-7,12H2,(H2,13,16)(H,17,18). The van der Waals surface area contributed by atoms with E-state index in [1.807, 2.05) is 4.90 Å². The number of rotatable bonds is 5. The van der Waals surface area contributed by atoms with Crippen molar-refractivity contribution in [3.63, 3.8) is 0 Å². The molecule has 1 saturated heterocycles. The number of hydrogen-bond acceptors (Lipinski definition) is 5. The van der Waals surface area contributed by atoms with Gasteiger partial charge < -0.3 is 21.5 Å². The van der Waals surface area contributed by atoms with Gasteiger partial charge in [-0.05, 0) is 6.42 Å². The Balaban J connectivity index is 2.49. The van der Waals surface area contributed by atoms with Gasteiger partial charge in [0, 0.05) is 26.2 Å². The second-order valence-electron chi connectivity index (χ2n) is 4.63. The molecule has 5 N–H and O–H groups in total. The van der Waals surface area contributed by atoms with Crippen LogP contribution in [0.3, 0.4) is 0 Å². The molecule has 108 valence electrons. The molecule has 0 aliphatic carbocycles. The van der Waals surface area contributed by atoms with E-state index in [9.17, 15) is 14.4 Å². The quantitative estimate of drug-likeness (QED) is 0.521. The highest BCUT2D eigenvalue weighted by molar-refractivity contribution is 5.86. The minimum absolute atomic E-state index is 0.170. The highest BCUT2D eigenvalue weighted by atomic mass is 16.4. The Labute approximate surface area is 111 Å². The van der Waals surface area contributed by atoms with Crippen LogP contribution in [0.25, 0.3) is 0 Å². The molecule has 0 spiro atoms. The largest absolute Gasteiger partial charge is 0.481 e. The lowest BCUT2D eigenvalue weighted by atomic mass is 10.2. The van der Waals surface area contributed by atoms with Gasteiger partial charge >= 0.3 is 5.97 Å². The van der Waals surface area contributed by atoms with Crippen molar-refractivity contribution in [3.05, 3.63) is 0 Å². The fourth-order valence-corrected chi connectivity index (χ4v) is 2.08. The molecule has 0 bridgehead atoms. The third kappa shape index (κ3) is 5.23. The summed E-state index contributed by atoms with van der Waals surface area (Å²) < 4.78 is 0. The summed E-state index contributed by atoms with van der Waals surface area (Å²) in [5, 5.41) is 8.62. The highest BCUT2D eigenvalue weighted by Gasteiger charge is 2.25. The van der Waals surface area contributed by atoms with Crippen LogP contribution in [-0.2, 0) is 14.4 Å². The fourth-order valence-electron chi connectivity index (χ4n) is 2.08. The van der Waals surface area contributed by atoms with Crippen molar-refractivity contribution in [2.45, 2.75) is 18.9 Å². The van der Waals surface area contributed by atoms with Gasteiger partial charge in [-0.1, -0.05) is 0 Å². The lowest BCUT2D eigenvalue weighted by molar-refractivity contribution is -0.142. The normalized spacial score (nSPS) is 18.7. The average Bonchev–Trinajstić information content (AvgIpc) is 2.52. The summed E-state index contributed by atoms with van der Waals surface area (Å²) in [7, 11) is 0. The van der Waals surface area contributed by atoms with Crippen LogP contribution in [0.5, 0.6) is 0 Å². The molecule has 19 heavy (non-hydrogen) atoms. The van der Waals surface area contributed by atoms with Gasteiger partial charge in [0.05, 0.1) is 19.0 Å². The molecule has 0 saturated carbocycles. The number of carbonyl (C=O) groups excluding carboxylic acids is 2.